The van der Waals surface area contributed by atoms with E-state index >= 15 is 0 Å². The minimum Gasteiger partial charge on any atom is -0.492 e. The summed E-state index contributed by atoms with van der Waals surface area (Å²) in [5, 5.41) is 0.541. The molecule has 0 aromatic heterocycles. The highest BCUT2D eigenvalue weighted by Crippen LogP contribution is 2.39. The number of nitrogens with zero attached hydrogens (tertiary/aromatic N) is 2. The molecule has 31 heavy (non-hydrogen) atoms. The highest BCUT2D eigenvalue weighted by molar-refractivity contribution is 9.10. The van der Waals surface area contributed by atoms with E-state index in [0.717, 1.165) is 10.0 Å². The van der Waals surface area contributed by atoms with Crippen LogP contribution in [-0.2, 0) is 9.53 Å². The molecule has 0 radical (unpaired) electrons. The van der Waals surface area contributed by atoms with Gasteiger partial charge in [0.25, 0.3) is 5.91 Å². The van der Waals surface area contributed by atoms with Crippen molar-refractivity contribution in [2.45, 2.75) is 6.92 Å². The van der Waals surface area contributed by atoms with Crippen LogP contribution in [0, 0.1) is 0 Å². The third-order valence-electron chi connectivity index (χ3n) is 4.35. The summed E-state index contributed by atoms with van der Waals surface area (Å²) in [6.45, 7) is 2.38. The van der Waals surface area contributed by atoms with Gasteiger partial charge in [-0.2, -0.15) is 0 Å². The van der Waals surface area contributed by atoms with Crippen LogP contribution in [0.15, 0.2) is 50.8 Å². The molecule has 9 heteroatoms. The second kappa shape index (κ2) is 10.0. The second-order valence-electron chi connectivity index (χ2n) is 6.37. The van der Waals surface area contributed by atoms with Gasteiger partial charge in [-0.3, -0.25) is 9.69 Å². The number of amidine groups is 1. The Labute approximate surface area is 193 Å². The van der Waals surface area contributed by atoms with Gasteiger partial charge in [-0.05, 0) is 82.7 Å². The zero-order valence-corrected chi connectivity index (χ0v) is 19.9. The van der Waals surface area contributed by atoms with Crippen molar-refractivity contribution < 1.29 is 23.8 Å². The van der Waals surface area contributed by atoms with Crippen molar-refractivity contribution in [3.8, 4) is 11.5 Å². The number of rotatable bonds is 6. The fourth-order valence-electron chi connectivity index (χ4n) is 2.84. The van der Waals surface area contributed by atoms with Crippen molar-refractivity contribution in [3.05, 3.63) is 56.9 Å². The molecule has 162 valence electrons. The molecular formula is C22H21BrN2O5S. The van der Waals surface area contributed by atoms with Crippen LogP contribution < -0.4 is 9.47 Å². The molecule has 0 atom stereocenters. The zero-order valence-electron chi connectivity index (χ0n) is 17.5. The molecule has 0 aliphatic carbocycles. The lowest BCUT2D eigenvalue weighted by Crippen LogP contribution is -2.23. The second-order valence-corrected chi connectivity index (χ2v) is 8.24. The molecule has 0 N–H and O–H groups in total. The van der Waals surface area contributed by atoms with E-state index in [1.54, 1.807) is 44.5 Å². The predicted molar refractivity (Wildman–Crippen MR) is 125 cm³/mol. The molecule has 2 aromatic carbocycles. The maximum absolute atomic E-state index is 12.7. The van der Waals surface area contributed by atoms with E-state index < -0.39 is 5.97 Å². The fraction of sp³-hybridized carbons (Fsp3) is 0.227. The smallest absolute Gasteiger partial charge is 0.337 e. The van der Waals surface area contributed by atoms with Crippen LogP contribution >= 0.6 is 27.7 Å². The summed E-state index contributed by atoms with van der Waals surface area (Å²) in [6.07, 6.45) is 1.79. The monoisotopic (exact) mass is 504 g/mol. The van der Waals surface area contributed by atoms with Gasteiger partial charge in [0.15, 0.2) is 16.7 Å². The molecule has 0 spiro atoms. The quantitative estimate of drug-likeness (QED) is 0.412. The van der Waals surface area contributed by atoms with Crippen molar-refractivity contribution in [3.63, 3.8) is 0 Å². The Kier molecular flexibility index (Phi) is 7.40. The first-order chi connectivity index (χ1) is 14.9. The Hall–Kier alpha value is -2.78. The SMILES string of the molecule is CCOc1cc(/C=C2/SC(=Nc3ccc(C(=O)OC)cc3)N(C)C2=O)cc(Br)c1OC. The van der Waals surface area contributed by atoms with Gasteiger partial charge in [0.05, 0.1) is 41.5 Å². The standard InChI is InChI=1S/C22H21BrN2O5S/c1-5-30-17-11-13(10-16(23)19(17)28-3)12-18-20(26)25(2)22(31-18)24-15-8-6-14(7-9-15)21(27)29-4/h6-12H,5H2,1-4H3/b18-12+,24-22?. The Morgan fingerprint density at radius 3 is 2.55 bits per heavy atom. The van der Waals surface area contributed by atoms with E-state index in [4.69, 9.17) is 14.2 Å². The number of likely N-dealkylation sites (N-methyl/N-ethyl adjacent to an activating group) is 1. The van der Waals surface area contributed by atoms with Crippen molar-refractivity contribution in [2.75, 3.05) is 27.9 Å². The predicted octanol–water partition coefficient (Wildman–Crippen LogP) is 4.88. The van der Waals surface area contributed by atoms with E-state index in [-0.39, 0.29) is 5.91 Å². The summed E-state index contributed by atoms with van der Waals surface area (Å²) >= 11 is 4.76. The lowest BCUT2D eigenvalue weighted by molar-refractivity contribution is -0.121. The van der Waals surface area contributed by atoms with Crippen LogP contribution in [0.25, 0.3) is 6.08 Å². The highest BCUT2D eigenvalue weighted by Gasteiger charge is 2.30. The number of carbonyl (C=O) groups is 2. The minimum atomic E-state index is -0.413. The maximum Gasteiger partial charge on any atom is 0.337 e. The molecule has 1 aliphatic rings. The summed E-state index contributed by atoms with van der Waals surface area (Å²) in [7, 11) is 4.58. The van der Waals surface area contributed by atoms with Gasteiger partial charge >= 0.3 is 5.97 Å². The molecule has 3 rings (SSSR count). The number of carbonyl (C=O) groups excluding carboxylic acids is 2. The molecule has 1 fully saturated rings. The van der Waals surface area contributed by atoms with E-state index in [2.05, 4.69) is 20.9 Å². The summed E-state index contributed by atoms with van der Waals surface area (Å²) < 4.78 is 16.5. The molecule has 7 nitrogen and oxygen atoms in total. The third kappa shape index (κ3) is 5.11. The fourth-order valence-corrected chi connectivity index (χ4v) is 4.44. The van der Waals surface area contributed by atoms with Crippen LogP contribution in [-0.4, -0.2) is 49.8 Å². The molecular weight excluding hydrogens is 484 g/mol. The zero-order chi connectivity index (χ0) is 22.5. The number of benzene rings is 2. The van der Waals surface area contributed by atoms with Gasteiger partial charge in [0.2, 0.25) is 0 Å². The number of hydrogen-bond acceptors (Lipinski definition) is 7. The average Bonchev–Trinajstić information content (AvgIpc) is 3.01. The maximum atomic E-state index is 12.7. The van der Waals surface area contributed by atoms with Crippen molar-refractivity contribution in [1.29, 1.82) is 0 Å². The van der Waals surface area contributed by atoms with E-state index in [1.807, 2.05) is 19.1 Å². The number of esters is 1. The molecule has 1 amide bonds. The van der Waals surface area contributed by atoms with Gasteiger partial charge in [-0.1, -0.05) is 0 Å². The van der Waals surface area contributed by atoms with Crippen LogP contribution in [0.4, 0.5) is 5.69 Å². The van der Waals surface area contributed by atoms with Crippen LogP contribution in [0.2, 0.25) is 0 Å². The van der Waals surface area contributed by atoms with E-state index in [9.17, 15) is 9.59 Å². The van der Waals surface area contributed by atoms with E-state index in [1.165, 1.54) is 23.8 Å². The minimum absolute atomic E-state index is 0.153. The first kappa shape index (κ1) is 22.9. The number of thioether (sulfide) groups is 1. The van der Waals surface area contributed by atoms with Gasteiger partial charge < -0.3 is 14.2 Å². The topological polar surface area (TPSA) is 77.4 Å². The molecule has 0 saturated carbocycles. The highest BCUT2D eigenvalue weighted by atomic mass is 79.9. The average molecular weight is 505 g/mol. The number of aliphatic imine (C=N–C) groups is 1. The van der Waals surface area contributed by atoms with Crippen molar-refractivity contribution in [1.82, 2.24) is 4.90 Å². The van der Waals surface area contributed by atoms with Crippen molar-refractivity contribution >= 4 is 56.5 Å². The Morgan fingerprint density at radius 2 is 1.94 bits per heavy atom. The Bertz CT molecular complexity index is 1070. The largest absolute Gasteiger partial charge is 0.492 e. The first-order valence-electron chi connectivity index (χ1n) is 9.33. The molecule has 0 unspecified atom stereocenters. The molecule has 2 aromatic rings. The summed E-state index contributed by atoms with van der Waals surface area (Å²) in [6, 6.07) is 10.4. The van der Waals surface area contributed by atoms with Crippen LogP contribution in [0.5, 0.6) is 11.5 Å². The number of amides is 1. The number of hydrogen-bond donors (Lipinski definition) is 0. The number of ether oxygens (including phenoxy) is 3. The van der Waals surface area contributed by atoms with Crippen LogP contribution in [0.1, 0.15) is 22.8 Å². The summed E-state index contributed by atoms with van der Waals surface area (Å²) in [5.74, 6) is 0.627. The summed E-state index contributed by atoms with van der Waals surface area (Å²) in [5.41, 5.74) is 1.86. The van der Waals surface area contributed by atoms with Gasteiger partial charge in [0.1, 0.15) is 0 Å². The van der Waals surface area contributed by atoms with E-state index in [0.29, 0.717) is 39.4 Å². The molecule has 1 saturated heterocycles. The lowest BCUT2D eigenvalue weighted by Gasteiger charge is -2.12. The van der Waals surface area contributed by atoms with Crippen LogP contribution in [0.3, 0.4) is 0 Å². The number of methoxy groups -OCH3 is 2. The summed E-state index contributed by atoms with van der Waals surface area (Å²) in [4.78, 5) is 30.9. The van der Waals surface area contributed by atoms with Gasteiger partial charge in [0, 0.05) is 7.05 Å². The molecule has 1 heterocycles. The Balaban J connectivity index is 1.88. The Morgan fingerprint density at radius 1 is 1.23 bits per heavy atom. The molecule has 0 bridgehead atoms. The van der Waals surface area contributed by atoms with Gasteiger partial charge in [-0.15, -0.1) is 0 Å². The number of halogens is 1. The molecule has 1 aliphatic heterocycles. The third-order valence-corrected chi connectivity index (χ3v) is 6.00. The lowest BCUT2D eigenvalue weighted by atomic mass is 10.2. The normalized spacial score (nSPS) is 16.2. The first-order valence-corrected chi connectivity index (χ1v) is 10.9. The van der Waals surface area contributed by atoms with Crippen molar-refractivity contribution in [2.24, 2.45) is 4.99 Å². The van der Waals surface area contributed by atoms with Gasteiger partial charge in [-0.25, -0.2) is 9.79 Å².